The van der Waals surface area contributed by atoms with Gasteiger partial charge in [0.1, 0.15) is 0 Å². The first-order chi connectivity index (χ1) is 6.97. The van der Waals surface area contributed by atoms with E-state index in [-0.39, 0.29) is 11.6 Å². The van der Waals surface area contributed by atoms with Gasteiger partial charge in [-0.25, -0.2) is 0 Å². The topological polar surface area (TPSA) is 46.2 Å². The molecule has 1 aromatic carbocycles. The number of rotatable bonds is 4. The molecule has 1 N–H and O–H groups in total. The lowest BCUT2D eigenvalue weighted by Gasteiger charge is -2.26. The van der Waals surface area contributed by atoms with Crippen molar-refractivity contribution < 1.29 is 9.59 Å². The van der Waals surface area contributed by atoms with E-state index in [1.54, 1.807) is 6.92 Å². The summed E-state index contributed by atoms with van der Waals surface area (Å²) in [6.07, 6.45) is 0. The molecule has 0 unspecified atom stereocenters. The monoisotopic (exact) mass is 205 g/mol. The number of carbonyl (C=O) groups excluding carboxylic acids is 2. The van der Waals surface area contributed by atoms with Crippen molar-refractivity contribution in [2.24, 2.45) is 0 Å². The van der Waals surface area contributed by atoms with Crippen molar-refractivity contribution in [1.82, 2.24) is 0 Å². The highest BCUT2D eigenvalue weighted by Gasteiger charge is 2.34. The Hall–Kier alpha value is -1.64. The van der Waals surface area contributed by atoms with Gasteiger partial charge in [-0.1, -0.05) is 18.2 Å². The molecule has 0 amide bonds. The predicted octanol–water partition coefficient (Wildman–Crippen LogP) is 2.04. The fourth-order valence-electron chi connectivity index (χ4n) is 1.23. The summed E-state index contributed by atoms with van der Waals surface area (Å²) >= 11 is 0. The van der Waals surface area contributed by atoms with Crippen LogP contribution in [0.25, 0.3) is 0 Å². The third-order valence-corrected chi connectivity index (χ3v) is 2.58. The van der Waals surface area contributed by atoms with Crippen molar-refractivity contribution in [2.75, 3.05) is 5.32 Å². The fraction of sp³-hybridized carbons (Fsp3) is 0.333. The Bertz CT molecular complexity index is 356. The minimum Gasteiger partial charge on any atom is -0.367 e. The van der Waals surface area contributed by atoms with E-state index in [0.717, 1.165) is 5.69 Å². The van der Waals surface area contributed by atoms with Crippen LogP contribution in [0.15, 0.2) is 30.3 Å². The van der Waals surface area contributed by atoms with E-state index < -0.39 is 5.54 Å². The maximum atomic E-state index is 11.4. The van der Waals surface area contributed by atoms with E-state index in [2.05, 4.69) is 5.32 Å². The van der Waals surface area contributed by atoms with E-state index in [1.165, 1.54) is 13.8 Å². The molecule has 0 aliphatic carbocycles. The number of hydrogen-bond acceptors (Lipinski definition) is 3. The highest BCUT2D eigenvalue weighted by molar-refractivity contribution is 6.11. The lowest BCUT2D eigenvalue weighted by Crippen LogP contribution is -2.48. The highest BCUT2D eigenvalue weighted by Crippen LogP contribution is 2.16. The lowest BCUT2D eigenvalue weighted by atomic mass is 9.92. The Morgan fingerprint density at radius 1 is 1.07 bits per heavy atom. The molecule has 80 valence electrons. The van der Waals surface area contributed by atoms with Crippen LogP contribution in [-0.2, 0) is 9.59 Å². The second-order valence-electron chi connectivity index (χ2n) is 3.73. The van der Waals surface area contributed by atoms with E-state index in [4.69, 9.17) is 0 Å². The summed E-state index contributed by atoms with van der Waals surface area (Å²) in [4.78, 5) is 22.9. The summed E-state index contributed by atoms with van der Waals surface area (Å²) in [7, 11) is 0. The van der Waals surface area contributed by atoms with Gasteiger partial charge >= 0.3 is 0 Å². The number of hydrogen-bond donors (Lipinski definition) is 1. The van der Waals surface area contributed by atoms with Crippen LogP contribution in [0.2, 0.25) is 0 Å². The first-order valence-electron chi connectivity index (χ1n) is 4.82. The van der Waals surface area contributed by atoms with Crippen molar-refractivity contribution in [3.63, 3.8) is 0 Å². The number of para-hydroxylation sites is 1. The summed E-state index contributed by atoms with van der Waals surface area (Å²) < 4.78 is 0. The van der Waals surface area contributed by atoms with E-state index in [9.17, 15) is 9.59 Å². The van der Waals surface area contributed by atoms with Gasteiger partial charge in [-0.2, -0.15) is 0 Å². The number of ketones is 2. The SMILES string of the molecule is CC(=O)C(C)(Nc1ccccc1)C(C)=O. The molecule has 0 bridgehead atoms. The second-order valence-corrected chi connectivity index (χ2v) is 3.73. The maximum absolute atomic E-state index is 11.4. The van der Waals surface area contributed by atoms with Crippen LogP contribution >= 0.6 is 0 Å². The molecule has 0 radical (unpaired) electrons. The quantitative estimate of drug-likeness (QED) is 0.765. The van der Waals surface area contributed by atoms with Gasteiger partial charge in [0.25, 0.3) is 0 Å². The molecule has 0 heterocycles. The Kier molecular flexibility index (Phi) is 3.24. The van der Waals surface area contributed by atoms with Gasteiger partial charge in [0.2, 0.25) is 0 Å². The zero-order chi connectivity index (χ0) is 11.5. The second kappa shape index (κ2) is 4.26. The molecule has 0 aliphatic rings. The summed E-state index contributed by atoms with van der Waals surface area (Å²) in [5.41, 5.74) is -0.355. The summed E-state index contributed by atoms with van der Waals surface area (Å²) in [5.74, 6) is -0.363. The van der Waals surface area contributed by atoms with Crippen molar-refractivity contribution >= 4 is 17.3 Å². The minimum absolute atomic E-state index is 0.182. The van der Waals surface area contributed by atoms with E-state index >= 15 is 0 Å². The number of nitrogens with one attached hydrogen (secondary N) is 1. The molecule has 0 saturated heterocycles. The van der Waals surface area contributed by atoms with Crippen molar-refractivity contribution in [3.05, 3.63) is 30.3 Å². The third kappa shape index (κ3) is 2.43. The molecule has 1 aromatic rings. The molecule has 0 saturated carbocycles. The standard InChI is InChI=1S/C12H15NO2/c1-9(14)12(3,10(2)15)13-11-7-5-4-6-8-11/h4-8,13H,1-3H3. The normalized spacial score (nSPS) is 10.9. The molecular weight excluding hydrogens is 190 g/mol. The molecular formula is C12H15NO2. The number of benzene rings is 1. The molecule has 1 rings (SSSR count). The van der Waals surface area contributed by atoms with Crippen LogP contribution in [0, 0.1) is 0 Å². The van der Waals surface area contributed by atoms with Gasteiger partial charge in [-0.15, -0.1) is 0 Å². The summed E-state index contributed by atoms with van der Waals surface area (Å²) in [6, 6.07) is 9.23. The third-order valence-electron chi connectivity index (χ3n) is 2.58. The Morgan fingerprint density at radius 2 is 1.53 bits per heavy atom. The fourth-order valence-corrected chi connectivity index (χ4v) is 1.23. The molecule has 3 heteroatoms. The van der Waals surface area contributed by atoms with Gasteiger partial charge in [0, 0.05) is 5.69 Å². The van der Waals surface area contributed by atoms with Gasteiger partial charge in [-0.3, -0.25) is 9.59 Å². The minimum atomic E-state index is -1.12. The molecule has 0 fully saturated rings. The average Bonchev–Trinajstić information content (AvgIpc) is 2.18. The number of anilines is 1. The predicted molar refractivity (Wildman–Crippen MR) is 59.8 cm³/mol. The largest absolute Gasteiger partial charge is 0.367 e. The molecule has 0 aromatic heterocycles. The van der Waals surface area contributed by atoms with Crippen LogP contribution in [0.5, 0.6) is 0 Å². The van der Waals surface area contributed by atoms with Crippen LogP contribution in [0.3, 0.4) is 0 Å². The molecule has 0 atom stereocenters. The van der Waals surface area contributed by atoms with E-state index in [0.29, 0.717) is 0 Å². The Labute approximate surface area is 89.5 Å². The molecule has 15 heavy (non-hydrogen) atoms. The summed E-state index contributed by atoms with van der Waals surface area (Å²) in [5, 5.41) is 2.96. The maximum Gasteiger partial charge on any atom is 0.162 e. The molecule has 0 spiro atoms. The van der Waals surface area contributed by atoms with Crippen molar-refractivity contribution in [3.8, 4) is 0 Å². The Morgan fingerprint density at radius 3 is 1.93 bits per heavy atom. The molecule has 3 nitrogen and oxygen atoms in total. The van der Waals surface area contributed by atoms with Crippen LogP contribution < -0.4 is 5.32 Å². The zero-order valence-electron chi connectivity index (χ0n) is 9.20. The number of Topliss-reactive ketones (excluding diaryl/α,β-unsaturated/α-hetero) is 2. The zero-order valence-corrected chi connectivity index (χ0v) is 9.20. The van der Waals surface area contributed by atoms with Crippen molar-refractivity contribution in [1.29, 1.82) is 0 Å². The van der Waals surface area contributed by atoms with Gasteiger partial charge in [0.05, 0.1) is 0 Å². The smallest absolute Gasteiger partial charge is 0.162 e. The number of carbonyl (C=O) groups is 2. The average molecular weight is 205 g/mol. The lowest BCUT2D eigenvalue weighted by molar-refractivity contribution is -0.130. The summed E-state index contributed by atoms with van der Waals surface area (Å²) in [6.45, 7) is 4.43. The highest BCUT2D eigenvalue weighted by atomic mass is 16.2. The first kappa shape index (κ1) is 11.4. The van der Waals surface area contributed by atoms with Crippen LogP contribution in [-0.4, -0.2) is 17.1 Å². The molecule has 0 aliphatic heterocycles. The van der Waals surface area contributed by atoms with Crippen molar-refractivity contribution in [2.45, 2.75) is 26.3 Å². The van der Waals surface area contributed by atoms with Crippen LogP contribution in [0.4, 0.5) is 5.69 Å². The van der Waals surface area contributed by atoms with Gasteiger partial charge < -0.3 is 5.32 Å². The first-order valence-corrected chi connectivity index (χ1v) is 4.82. The Balaban J connectivity index is 2.95. The van der Waals surface area contributed by atoms with Gasteiger partial charge in [-0.05, 0) is 32.9 Å². The van der Waals surface area contributed by atoms with Gasteiger partial charge in [0.15, 0.2) is 17.1 Å². The van der Waals surface area contributed by atoms with E-state index in [1.807, 2.05) is 30.3 Å². The van der Waals surface area contributed by atoms with Crippen LogP contribution in [0.1, 0.15) is 20.8 Å².